The standard InChI is InChI=1S/C11H13BrO3S2/c12-11(16(14)7-4-8-17(11)15)10(13)9-5-2-1-3-6-9/h1-3,5-6,10,13H,4,7-8H2/t10-,11?,16?,17?/m1/s1. The summed E-state index contributed by atoms with van der Waals surface area (Å²) in [4.78, 5) is 0. The molecule has 1 aliphatic rings. The van der Waals surface area contributed by atoms with Crippen LogP contribution in [0.2, 0.25) is 0 Å². The zero-order valence-corrected chi connectivity index (χ0v) is 12.3. The van der Waals surface area contributed by atoms with Crippen LogP contribution in [-0.4, -0.2) is 28.0 Å². The molecule has 17 heavy (non-hydrogen) atoms. The van der Waals surface area contributed by atoms with Gasteiger partial charge in [-0.3, -0.25) is 8.42 Å². The molecule has 0 spiro atoms. The number of rotatable bonds is 2. The molecule has 1 fully saturated rings. The third-order valence-corrected chi connectivity index (χ3v) is 9.45. The van der Waals surface area contributed by atoms with Gasteiger partial charge in [-0.15, -0.1) is 0 Å². The molecule has 1 N–H and O–H groups in total. The minimum Gasteiger partial charge on any atom is -0.385 e. The maximum absolute atomic E-state index is 12.1. The summed E-state index contributed by atoms with van der Waals surface area (Å²) in [5.74, 6) is 0.946. The van der Waals surface area contributed by atoms with Crippen LogP contribution in [0.4, 0.5) is 0 Å². The van der Waals surface area contributed by atoms with Crippen LogP contribution in [0.1, 0.15) is 18.1 Å². The first-order chi connectivity index (χ1) is 8.06. The average Bonchev–Trinajstić information content (AvgIpc) is 2.36. The van der Waals surface area contributed by atoms with Gasteiger partial charge in [-0.1, -0.05) is 46.3 Å². The summed E-state index contributed by atoms with van der Waals surface area (Å²) in [5, 5.41) is 10.3. The van der Waals surface area contributed by atoms with E-state index in [-0.39, 0.29) is 0 Å². The van der Waals surface area contributed by atoms with E-state index in [9.17, 15) is 13.5 Å². The van der Waals surface area contributed by atoms with Crippen LogP contribution in [0.3, 0.4) is 0 Å². The zero-order chi connectivity index (χ0) is 12.5. The van der Waals surface area contributed by atoms with Crippen molar-refractivity contribution < 1.29 is 13.5 Å². The Hall–Kier alpha value is -0.0400. The molecule has 3 atom stereocenters. The van der Waals surface area contributed by atoms with Crippen LogP contribution in [-0.2, 0) is 21.6 Å². The summed E-state index contributed by atoms with van der Waals surface area (Å²) in [5.41, 5.74) is 0.632. The Kier molecular flexibility index (Phi) is 4.18. The Balaban J connectivity index is 2.37. The van der Waals surface area contributed by atoms with Gasteiger partial charge >= 0.3 is 0 Å². The number of benzene rings is 1. The average molecular weight is 337 g/mol. The Morgan fingerprint density at radius 1 is 1.18 bits per heavy atom. The van der Waals surface area contributed by atoms with E-state index in [0.717, 1.165) is 0 Å². The summed E-state index contributed by atoms with van der Waals surface area (Å²) < 4.78 is 22.9. The number of hydrogen-bond donors (Lipinski definition) is 1. The molecule has 2 rings (SSSR count). The summed E-state index contributed by atoms with van der Waals surface area (Å²) in [6.07, 6.45) is -0.348. The lowest BCUT2D eigenvalue weighted by Gasteiger charge is -2.34. The van der Waals surface area contributed by atoms with Crippen molar-refractivity contribution in [3.8, 4) is 0 Å². The van der Waals surface area contributed by atoms with Gasteiger partial charge in [0.15, 0.2) is 0 Å². The Bertz CT molecular complexity index is 433. The first-order valence-corrected chi connectivity index (χ1v) is 8.69. The van der Waals surface area contributed by atoms with Gasteiger partial charge in [0.1, 0.15) is 6.10 Å². The fourth-order valence-electron chi connectivity index (χ4n) is 1.79. The van der Waals surface area contributed by atoms with Crippen molar-refractivity contribution >= 4 is 37.5 Å². The normalized spacial score (nSPS) is 35.4. The molecule has 1 saturated heterocycles. The lowest BCUT2D eigenvalue weighted by atomic mass is 10.1. The highest BCUT2D eigenvalue weighted by atomic mass is 79.9. The Morgan fingerprint density at radius 2 is 1.71 bits per heavy atom. The molecule has 1 aromatic rings. The van der Waals surface area contributed by atoms with Gasteiger partial charge in [-0.05, 0) is 12.0 Å². The predicted molar refractivity (Wildman–Crippen MR) is 73.7 cm³/mol. The SMILES string of the molecule is O=S1CCCS(=O)C1(Br)[C@H](O)c1ccccc1. The second-order valence-electron chi connectivity index (χ2n) is 3.85. The second kappa shape index (κ2) is 5.30. The topological polar surface area (TPSA) is 54.4 Å². The van der Waals surface area contributed by atoms with Gasteiger partial charge in [0.25, 0.3) is 0 Å². The fourth-order valence-corrected chi connectivity index (χ4v) is 6.67. The molecular formula is C11H13BrO3S2. The van der Waals surface area contributed by atoms with Crippen LogP contribution in [0.25, 0.3) is 0 Å². The van der Waals surface area contributed by atoms with Crippen molar-refractivity contribution in [1.82, 2.24) is 0 Å². The first-order valence-electron chi connectivity index (χ1n) is 5.25. The number of alkyl halides is 1. The van der Waals surface area contributed by atoms with Gasteiger partial charge < -0.3 is 5.11 Å². The molecule has 1 aromatic carbocycles. The second-order valence-corrected chi connectivity index (χ2v) is 9.89. The Labute approximate surface area is 114 Å². The van der Waals surface area contributed by atoms with Crippen molar-refractivity contribution in [2.45, 2.75) is 15.5 Å². The molecule has 0 saturated carbocycles. The van der Waals surface area contributed by atoms with E-state index in [1.807, 2.05) is 6.07 Å². The van der Waals surface area contributed by atoms with E-state index in [0.29, 0.717) is 23.5 Å². The van der Waals surface area contributed by atoms with Crippen LogP contribution in [0.5, 0.6) is 0 Å². The molecular weight excluding hydrogens is 324 g/mol. The molecule has 0 amide bonds. The zero-order valence-electron chi connectivity index (χ0n) is 9.04. The molecule has 0 radical (unpaired) electrons. The van der Waals surface area contributed by atoms with Gasteiger partial charge in [0.05, 0.1) is 21.6 Å². The summed E-state index contributed by atoms with van der Waals surface area (Å²) in [6, 6.07) is 8.92. The highest BCUT2D eigenvalue weighted by Crippen LogP contribution is 2.42. The molecule has 6 heteroatoms. The van der Waals surface area contributed by atoms with E-state index in [4.69, 9.17) is 0 Å². The molecule has 0 bridgehead atoms. The molecule has 1 heterocycles. The molecule has 2 unspecified atom stereocenters. The molecule has 0 aromatic heterocycles. The van der Waals surface area contributed by atoms with Gasteiger partial charge in [-0.25, -0.2) is 0 Å². The van der Waals surface area contributed by atoms with Crippen LogP contribution in [0, 0.1) is 0 Å². The van der Waals surface area contributed by atoms with Gasteiger partial charge in [0, 0.05) is 11.5 Å². The maximum Gasteiger partial charge on any atom is 0.204 e. The highest BCUT2D eigenvalue weighted by molar-refractivity contribution is 9.13. The largest absolute Gasteiger partial charge is 0.385 e. The number of halogens is 1. The minimum atomic E-state index is -1.34. The molecule has 3 nitrogen and oxygen atoms in total. The van der Waals surface area contributed by atoms with Crippen molar-refractivity contribution in [2.75, 3.05) is 11.5 Å². The first kappa shape index (κ1) is 13.4. The van der Waals surface area contributed by atoms with Crippen LogP contribution in [0.15, 0.2) is 30.3 Å². The number of hydrogen-bond acceptors (Lipinski definition) is 3. The van der Waals surface area contributed by atoms with Gasteiger partial charge in [-0.2, -0.15) is 0 Å². The van der Waals surface area contributed by atoms with Crippen molar-refractivity contribution in [2.24, 2.45) is 0 Å². The van der Waals surface area contributed by atoms with Crippen molar-refractivity contribution in [3.05, 3.63) is 35.9 Å². The summed E-state index contributed by atoms with van der Waals surface area (Å²) in [7, 11) is -2.68. The van der Waals surface area contributed by atoms with E-state index >= 15 is 0 Å². The van der Waals surface area contributed by atoms with E-state index in [1.165, 1.54) is 0 Å². The highest BCUT2D eigenvalue weighted by Gasteiger charge is 2.49. The maximum atomic E-state index is 12.1. The molecule has 94 valence electrons. The molecule has 0 aliphatic carbocycles. The lowest BCUT2D eigenvalue weighted by Crippen LogP contribution is -2.44. The van der Waals surface area contributed by atoms with Gasteiger partial charge in [0.2, 0.25) is 2.99 Å². The quantitative estimate of drug-likeness (QED) is 0.836. The predicted octanol–water partition coefficient (Wildman–Crippen LogP) is 1.67. The van der Waals surface area contributed by atoms with Crippen LogP contribution < -0.4 is 0 Å². The monoisotopic (exact) mass is 336 g/mol. The van der Waals surface area contributed by atoms with E-state index in [2.05, 4.69) is 15.9 Å². The minimum absolute atomic E-state index is 0.473. The number of aliphatic hydroxyl groups is 1. The Morgan fingerprint density at radius 3 is 2.24 bits per heavy atom. The van der Waals surface area contributed by atoms with Crippen molar-refractivity contribution in [1.29, 1.82) is 0 Å². The fraction of sp³-hybridized carbons (Fsp3) is 0.455. The summed E-state index contributed by atoms with van der Waals surface area (Å²) >= 11 is 3.28. The van der Waals surface area contributed by atoms with E-state index in [1.54, 1.807) is 24.3 Å². The number of aliphatic hydroxyl groups excluding tert-OH is 1. The third kappa shape index (κ3) is 2.41. The summed E-state index contributed by atoms with van der Waals surface area (Å²) in [6.45, 7) is 0. The van der Waals surface area contributed by atoms with Crippen LogP contribution >= 0.6 is 15.9 Å². The third-order valence-electron chi connectivity index (χ3n) is 2.72. The smallest absolute Gasteiger partial charge is 0.204 e. The van der Waals surface area contributed by atoms with Crippen molar-refractivity contribution in [3.63, 3.8) is 0 Å². The lowest BCUT2D eigenvalue weighted by molar-refractivity contribution is 0.187. The molecule has 1 aliphatic heterocycles. The van der Waals surface area contributed by atoms with E-state index < -0.39 is 30.7 Å².